The molecule has 0 radical (unpaired) electrons. The Balaban J connectivity index is 1.51. The van der Waals surface area contributed by atoms with Crippen molar-refractivity contribution < 1.29 is 13.9 Å². The SMILES string of the molecule is CCNC(=O)N1CCC[C@@H](N)[C@@H]1CO[C@H]1CC[C@@H](c2ccccc2F)CC1. The number of nitrogens with two attached hydrogens (primary N) is 1. The molecule has 2 aliphatic rings. The predicted molar refractivity (Wildman–Crippen MR) is 104 cm³/mol. The van der Waals surface area contributed by atoms with Crippen LogP contribution in [0.1, 0.15) is 56.9 Å². The smallest absolute Gasteiger partial charge is 0.317 e. The largest absolute Gasteiger partial charge is 0.376 e. The summed E-state index contributed by atoms with van der Waals surface area (Å²) < 4.78 is 20.2. The van der Waals surface area contributed by atoms with Gasteiger partial charge in [-0.05, 0) is 63.0 Å². The standard InChI is InChI=1S/C21H32FN3O2/c1-2-24-21(26)25-13-5-8-19(23)20(25)14-27-16-11-9-15(10-12-16)17-6-3-4-7-18(17)22/h3-4,6-7,15-16,19-20H,2,5,8-14,23H2,1H3,(H,24,26)/t15-,16+,19-,20+/m1/s1. The number of piperidine rings is 1. The maximum Gasteiger partial charge on any atom is 0.317 e. The molecule has 0 aromatic heterocycles. The van der Waals surface area contributed by atoms with Gasteiger partial charge in [-0.3, -0.25) is 0 Å². The van der Waals surface area contributed by atoms with E-state index in [4.69, 9.17) is 10.5 Å². The van der Waals surface area contributed by atoms with Crippen LogP contribution < -0.4 is 11.1 Å². The van der Waals surface area contributed by atoms with Gasteiger partial charge in [-0.1, -0.05) is 18.2 Å². The van der Waals surface area contributed by atoms with E-state index in [-0.39, 0.29) is 36.0 Å². The predicted octanol–water partition coefficient (Wildman–Crippen LogP) is 3.39. The third-order valence-electron chi connectivity index (χ3n) is 5.94. The summed E-state index contributed by atoms with van der Waals surface area (Å²) in [6, 6.07) is 6.91. The summed E-state index contributed by atoms with van der Waals surface area (Å²) in [6.07, 6.45) is 5.72. The average Bonchev–Trinajstić information content (AvgIpc) is 2.68. The fourth-order valence-corrected chi connectivity index (χ4v) is 4.39. The topological polar surface area (TPSA) is 67.6 Å². The first kappa shape index (κ1) is 20.1. The van der Waals surface area contributed by atoms with Crippen LogP contribution in [0.4, 0.5) is 9.18 Å². The lowest BCUT2D eigenvalue weighted by molar-refractivity contribution is -0.0159. The van der Waals surface area contributed by atoms with Gasteiger partial charge in [-0.15, -0.1) is 0 Å². The van der Waals surface area contributed by atoms with Crippen molar-refractivity contribution in [2.24, 2.45) is 5.73 Å². The molecule has 1 aromatic carbocycles. The molecule has 2 fully saturated rings. The normalized spacial score (nSPS) is 28.8. The van der Waals surface area contributed by atoms with E-state index < -0.39 is 0 Å². The van der Waals surface area contributed by atoms with E-state index >= 15 is 0 Å². The second-order valence-electron chi connectivity index (χ2n) is 7.73. The van der Waals surface area contributed by atoms with Crippen molar-refractivity contribution in [1.29, 1.82) is 0 Å². The lowest BCUT2D eigenvalue weighted by Crippen LogP contribution is -2.58. The molecule has 3 N–H and O–H groups in total. The first-order valence-electron chi connectivity index (χ1n) is 10.3. The quantitative estimate of drug-likeness (QED) is 0.826. The Kier molecular flexibility index (Phi) is 7.07. The minimum absolute atomic E-state index is 0.0453. The molecule has 1 heterocycles. The van der Waals surface area contributed by atoms with Gasteiger partial charge in [0.05, 0.1) is 18.8 Å². The zero-order chi connectivity index (χ0) is 19.2. The monoisotopic (exact) mass is 377 g/mol. The van der Waals surface area contributed by atoms with Crippen LogP contribution in [0.2, 0.25) is 0 Å². The summed E-state index contributed by atoms with van der Waals surface area (Å²) >= 11 is 0. The van der Waals surface area contributed by atoms with Gasteiger partial charge in [0.15, 0.2) is 0 Å². The van der Waals surface area contributed by atoms with Gasteiger partial charge in [0.1, 0.15) is 5.82 Å². The first-order valence-corrected chi connectivity index (χ1v) is 10.3. The number of amides is 2. The summed E-state index contributed by atoms with van der Waals surface area (Å²) in [6.45, 7) is 3.74. The summed E-state index contributed by atoms with van der Waals surface area (Å²) in [5.74, 6) is 0.169. The Morgan fingerprint density at radius 3 is 2.70 bits per heavy atom. The Labute approximate surface area is 161 Å². The van der Waals surface area contributed by atoms with Gasteiger partial charge in [-0.2, -0.15) is 0 Å². The number of benzene rings is 1. The van der Waals surface area contributed by atoms with Crippen molar-refractivity contribution >= 4 is 6.03 Å². The summed E-state index contributed by atoms with van der Waals surface area (Å²) in [5.41, 5.74) is 7.12. The van der Waals surface area contributed by atoms with E-state index in [1.165, 1.54) is 0 Å². The van der Waals surface area contributed by atoms with Crippen LogP contribution in [0.25, 0.3) is 0 Å². The number of urea groups is 1. The molecule has 0 unspecified atom stereocenters. The number of likely N-dealkylation sites (tertiary alicyclic amines) is 1. The van der Waals surface area contributed by atoms with E-state index in [1.807, 2.05) is 24.0 Å². The van der Waals surface area contributed by atoms with Crippen LogP contribution >= 0.6 is 0 Å². The van der Waals surface area contributed by atoms with Crippen molar-refractivity contribution in [2.45, 2.75) is 69.6 Å². The van der Waals surface area contributed by atoms with Crippen LogP contribution in [0, 0.1) is 5.82 Å². The highest BCUT2D eigenvalue weighted by Gasteiger charge is 2.33. The highest BCUT2D eigenvalue weighted by Crippen LogP contribution is 2.35. The molecule has 3 rings (SSSR count). The highest BCUT2D eigenvalue weighted by atomic mass is 19.1. The van der Waals surface area contributed by atoms with Gasteiger partial charge in [0.2, 0.25) is 0 Å². The third kappa shape index (κ3) is 4.99. The van der Waals surface area contributed by atoms with E-state index in [0.717, 1.165) is 50.6 Å². The molecule has 1 saturated carbocycles. The van der Waals surface area contributed by atoms with Crippen LogP contribution in [0.3, 0.4) is 0 Å². The zero-order valence-corrected chi connectivity index (χ0v) is 16.2. The Bertz CT molecular complexity index is 619. The van der Waals surface area contributed by atoms with E-state index in [2.05, 4.69) is 5.32 Å². The second kappa shape index (κ2) is 9.51. The number of nitrogens with zero attached hydrogens (tertiary/aromatic N) is 1. The van der Waals surface area contributed by atoms with Gasteiger partial charge in [-0.25, -0.2) is 9.18 Å². The summed E-state index contributed by atoms with van der Waals surface area (Å²) in [7, 11) is 0. The molecular weight excluding hydrogens is 345 g/mol. The summed E-state index contributed by atoms with van der Waals surface area (Å²) in [5, 5.41) is 2.87. The number of hydrogen-bond donors (Lipinski definition) is 2. The van der Waals surface area contributed by atoms with Crippen LogP contribution in [-0.2, 0) is 4.74 Å². The van der Waals surface area contributed by atoms with Crippen molar-refractivity contribution in [3.8, 4) is 0 Å². The molecule has 27 heavy (non-hydrogen) atoms. The van der Waals surface area contributed by atoms with Crippen molar-refractivity contribution in [3.05, 3.63) is 35.6 Å². The van der Waals surface area contributed by atoms with Gasteiger partial charge >= 0.3 is 6.03 Å². The van der Waals surface area contributed by atoms with E-state index in [0.29, 0.717) is 13.2 Å². The fourth-order valence-electron chi connectivity index (χ4n) is 4.39. The minimum atomic E-state index is -0.104. The Hall–Kier alpha value is -1.66. The van der Waals surface area contributed by atoms with E-state index in [1.54, 1.807) is 12.1 Å². The fraction of sp³-hybridized carbons (Fsp3) is 0.667. The molecule has 2 atom stereocenters. The van der Waals surface area contributed by atoms with Gasteiger partial charge in [0, 0.05) is 19.1 Å². The molecule has 1 aliphatic carbocycles. The Morgan fingerprint density at radius 2 is 2.00 bits per heavy atom. The molecule has 2 amide bonds. The molecule has 6 heteroatoms. The lowest BCUT2D eigenvalue weighted by atomic mass is 9.82. The molecule has 150 valence electrons. The van der Waals surface area contributed by atoms with Crippen LogP contribution in [-0.4, -0.2) is 48.8 Å². The molecule has 1 aromatic rings. The van der Waals surface area contributed by atoms with Crippen molar-refractivity contribution in [3.63, 3.8) is 0 Å². The van der Waals surface area contributed by atoms with Crippen LogP contribution in [0.15, 0.2) is 24.3 Å². The van der Waals surface area contributed by atoms with Crippen molar-refractivity contribution in [1.82, 2.24) is 10.2 Å². The molecule has 0 spiro atoms. The Morgan fingerprint density at radius 1 is 1.26 bits per heavy atom. The summed E-state index contributed by atoms with van der Waals surface area (Å²) in [4.78, 5) is 14.1. The van der Waals surface area contributed by atoms with Gasteiger partial charge < -0.3 is 20.7 Å². The number of ether oxygens (including phenoxy) is 1. The number of rotatable bonds is 5. The van der Waals surface area contributed by atoms with Gasteiger partial charge in [0.25, 0.3) is 0 Å². The number of halogens is 1. The van der Waals surface area contributed by atoms with E-state index in [9.17, 15) is 9.18 Å². The van der Waals surface area contributed by atoms with Crippen molar-refractivity contribution in [2.75, 3.05) is 19.7 Å². The molecule has 5 nitrogen and oxygen atoms in total. The highest BCUT2D eigenvalue weighted by molar-refractivity contribution is 5.74. The number of carbonyl (C=O) groups excluding carboxylic acids is 1. The molecule has 1 aliphatic heterocycles. The molecule has 1 saturated heterocycles. The molecular formula is C21H32FN3O2. The first-order chi connectivity index (χ1) is 13.1. The average molecular weight is 378 g/mol. The lowest BCUT2D eigenvalue weighted by Gasteiger charge is -2.40. The maximum absolute atomic E-state index is 14.0. The molecule has 0 bridgehead atoms. The zero-order valence-electron chi connectivity index (χ0n) is 16.2. The maximum atomic E-state index is 14.0. The van der Waals surface area contributed by atoms with Crippen LogP contribution in [0.5, 0.6) is 0 Å². The number of hydrogen-bond acceptors (Lipinski definition) is 3. The third-order valence-corrected chi connectivity index (χ3v) is 5.94. The number of carbonyl (C=O) groups is 1. The minimum Gasteiger partial charge on any atom is -0.376 e. The number of nitrogens with one attached hydrogen (secondary N) is 1. The second-order valence-corrected chi connectivity index (χ2v) is 7.73.